The van der Waals surface area contributed by atoms with Crippen LogP contribution in [0.1, 0.15) is 22.5 Å². The number of alkyl halides is 2. The van der Waals surface area contributed by atoms with E-state index in [0.717, 1.165) is 7.11 Å². The lowest BCUT2D eigenvalue weighted by molar-refractivity contribution is 0.0593. The standard InChI is InChI=1S/C8H5BrF3NO2/c1-15-8(14)3-2-13-6(7(11)12)4(9)5(3)10/h2,7H,1H3. The monoisotopic (exact) mass is 283 g/mol. The van der Waals surface area contributed by atoms with Gasteiger partial charge < -0.3 is 4.74 Å². The Morgan fingerprint density at radius 2 is 2.20 bits per heavy atom. The van der Waals surface area contributed by atoms with Gasteiger partial charge in [0.2, 0.25) is 0 Å². The molecule has 1 rings (SSSR count). The van der Waals surface area contributed by atoms with E-state index in [0.29, 0.717) is 6.20 Å². The van der Waals surface area contributed by atoms with Crippen LogP contribution in [0.3, 0.4) is 0 Å². The summed E-state index contributed by atoms with van der Waals surface area (Å²) in [5.74, 6) is -2.08. The number of nitrogens with zero attached hydrogens (tertiary/aromatic N) is 1. The highest BCUT2D eigenvalue weighted by Gasteiger charge is 2.22. The van der Waals surface area contributed by atoms with E-state index in [4.69, 9.17) is 0 Å². The Balaban J connectivity index is 3.27. The third-order valence-electron chi connectivity index (χ3n) is 1.60. The van der Waals surface area contributed by atoms with E-state index in [1.807, 2.05) is 0 Å². The van der Waals surface area contributed by atoms with Gasteiger partial charge in [-0.2, -0.15) is 0 Å². The van der Waals surface area contributed by atoms with E-state index in [1.54, 1.807) is 0 Å². The zero-order chi connectivity index (χ0) is 11.6. The number of rotatable bonds is 2. The molecular formula is C8H5BrF3NO2. The Hall–Kier alpha value is -1.11. The Morgan fingerprint density at radius 1 is 1.60 bits per heavy atom. The summed E-state index contributed by atoms with van der Waals surface area (Å²) >= 11 is 2.60. The predicted molar refractivity (Wildman–Crippen MR) is 48.2 cm³/mol. The van der Waals surface area contributed by atoms with E-state index in [9.17, 15) is 18.0 Å². The molecule has 1 aromatic rings. The summed E-state index contributed by atoms with van der Waals surface area (Å²) in [4.78, 5) is 14.2. The quantitative estimate of drug-likeness (QED) is 0.784. The molecule has 0 bridgehead atoms. The molecule has 82 valence electrons. The van der Waals surface area contributed by atoms with Gasteiger partial charge in [-0.15, -0.1) is 0 Å². The Bertz CT molecular complexity index is 398. The first kappa shape index (κ1) is 12.0. The van der Waals surface area contributed by atoms with Gasteiger partial charge in [-0.3, -0.25) is 4.98 Å². The van der Waals surface area contributed by atoms with Crippen LogP contribution in [-0.4, -0.2) is 18.1 Å². The minimum absolute atomic E-state index is 0.492. The maximum absolute atomic E-state index is 13.3. The molecule has 1 aromatic heterocycles. The number of halogens is 4. The zero-order valence-electron chi connectivity index (χ0n) is 7.43. The van der Waals surface area contributed by atoms with E-state index in [-0.39, 0.29) is 0 Å². The first-order valence-corrected chi connectivity index (χ1v) is 4.48. The van der Waals surface area contributed by atoms with Crippen LogP contribution in [0.15, 0.2) is 10.7 Å². The third-order valence-corrected chi connectivity index (χ3v) is 2.35. The van der Waals surface area contributed by atoms with Crippen molar-refractivity contribution >= 4 is 21.9 Å². The van der Waals surface area contributed by atoms with E-state index >= 15 is 0 Å². The topological polar surface area (TPSA) is 39.2 Å². The van der Waals surface area contributed by atoms with Gasteiger partial charge in [0.25, 0.3) is 6.43 Å². The molecule has 1 heterocycles. The molecule has 0 saturated carbocycles. The van der Waals surface area contributed by atoms with Crippen molar-refractivity contribution in [1.82, 2.24) is 4.98 Å². The van der Waals surface area contributed by atoms with Crippen LogP contribution in [0.25, 0.3) is 0 Å². The van der Waals surface area contributed by atoms with Gasteiger partial charge in [0.1, 0.15) is 11.3 Å². The van der Waals surface area contributed by atoms with Crippen molar-refractivity contribution in [3.63, 3.8) is 0 Å². The number of methoxy groups -OCH3 is 1. The molecule has 15 heavy (non-hydrogen) atoms. The van der Waals surface area contributed by atoms with Gasteiger partial charge in [0.05, 0.1) is 11.6 Å². The summed E-state index contributed by atoms with van der Waals surface area (Å²) in [5.41, 5.74) is -1.24. The number of carbonyl (C=O) groups excluding carboxylic acids is 1. The minimum atomic E-state index is -2.92. The smallest absolute Gasteiger partial charge is 0.342 e. The third kappa shape index (κ3) is 2.28. The highest BCUT2D eigenvalue weighted by atomic mass is 79.9. The van der Waals surface area contributed by atoms with Crippen molar-refractivity contribution in [3.05, 3.63) is 27.7 Å². The van der Waals surface area contributed by atoms with E-state index < -0.39 is 33.9 Å². The maximum Gasteiger partial charge on any atom is 0.342 e. The molecule has 0 unspecified atom stereocenters. The molecule has 0 spiro atoms. The predicted octanol–water partition coefficient (Wildman–Crippen LogP) is 2.71. The molecule has 0 aromatic carbocycles. The molecule has 0 aliphatic rings. The summed E-state index contributed by atoms with van der Waals surface area (Å²) in [7, 11) is 1.05. The summed E-state index contributed by atoms with van der Waals surface area (Å²) in [6.45, 7) is 0. The molecule has 0 amide bonds. The average Bonchev–Trinajstić information content (AvgIpc) is 2.20. The Kier molecular flexibility index (Phi) is 3.67. The molecule has 3 nitrogen and oxygen atoms in total. The SMILES string of the molecule is COC(=O)c1cnc(C(F)F)c(Br)c1F. The second-order valence-corrected chi connectivity index (χ2v) is 3.27. The fourth-order valence-electron chi connectivity index (χ4n) is 0.883. The van der Waals surface area contributed by atoms with Crippen LogP contribution in [0, 0.1) is 5.82 Å². The molecule has 0 saturated heterocycles. The van der Waals surface area contributed by atoms with Crippen LogP contribution >= 0.6 is 15.9 Å². The highest BCUT2D eigenvalue weighted by molar-refractivity contribution is 9.10. The fraction of sp³-hybridized carbons (Fsp3) is 0.250. The van der Waals surface area contributed by atoms with Crippen molar-refractivity contribution in [2.75, 3.05) is 7.11 Å². The number of hydrogen-bond acceptors (Lipinski definition) is 3. The zero-order valence-corrected chi connectivity index (χ0v) is 9.02. The van der Waals surface area contributed by atoms with Crippen LogP contribution in [0.5, 0.6) is 0 Å². The van der Waals surface area contributed by atoms with Crippen LogP contribution in [-0.2, 0) is 4.74 Å². The van der Waals surface area contributed by atoms with Gasteiger partial charge in [-0.1, -0.05) is 0 Å². The van der Waals surface area contributed by atoms with E-state index in [2.05, 4.69) is 25.7 Å². The average molecular weight is 284 g/mol. The normalized spacial score (nSPS) is 10.5. The fourth-order valence-corrected chi connectivity index (χ4v) is 1.37. The summed E-state index contributed by atoms with van der Waals surface area (Å²) < 4.78 is 41.6. The van der Waals surface area contributed by atoms with Gasteiger partial charge in [-0.25, -0.2) is 18.0 Å². The lowest BCUT2D eigenvalue weighted by Gasteiger charge is -2.06. The van der Waals surface area contributed by atoms with Crippen molar-refractivity contribution in [2.45, 2.75) is 6.43 Å². The van der Waals surface area contributed by atoms with Gasteiger partial charge in [0.15, 0.2) is 5.82 Å². The van der Waals surface area contributed by atoms with Crippen molar-refractivity contribution in [1.29, 1.82) is 0 Å². The Labute approximate surface area is 91.4 Å². The number of hydrogen-bond donors (Lipinski definition) is 0. The van der Waals surface area contributed by atoms with Crippen LogP contribution < -0.4 is 0 Å². The highest BCUT2D eigenvalue weighted by Crippen LogP contribution is 2.29. The maximum atomic E-state index is 13.3. The number of aromatic nitrogens is 1. The number of pyridine rings is 1. The molecule has 0 N–H and O–H groups in total. The number of esters is 1. The molecule has 0 aliphatic carbocycles. The number of carbonyl (C=O) groups is 1. The summed E-state index contributed by atoms with van der Waals surface area (Å²) in [6.07, 6.45) is -2.20. The molecule has 0 fully saturated rings. The molecule has 0 aliphatic heterocycles. The lowest BCUT2D eigenvalue weighted by atomic mass is 10.2. The van der Waals surface area contributed by atoms with Gasteiger partial charge in [-0.05, 0) is 15.9 Å². The first-order valence-electron chi connectivity index (χ1n) is 3.69. The van der Waals surface area contributed by atoms with Crippen molar-refractivity contribution in [2.24, 2.45) is 0 Å². The van der Waals surface area contributed by atoms with Gasteiger partial charge in [0, 0.05) is 6.20 Å². The largest absolute Gasteiger partial charge is 0.465 e. The van der Waals surface area contributed by atoms with Gasteiger partial charge >= 0.3 is 5.97 Å². The second kappa shape index (κ2) is 4.61. The molecule has 0 radical (unpaired) electrons. The molecular weight excluding hydrogens is 279 g/mol. The molecule has 7 heteroatoms. The number of ether oxygens (including phenoxy) is 1. The Morgan fingerprint density at radius 3 is 2.67 bits per heavy atom. The van der Waals surface area contributed by atoms with E-state index in [1.165, 1.54) is 0 Å². The van der Waals surface area contributed by atoms with Crippen LogP contribution in [0.2, 0.25) is 0 Å². The summed E-state index contributed by atoms with van der Waals surface area (Å²) in [6, 6.07) is 0. The summed E-state index contributed by atoms with van der Waals surface area (Å²) in [5, 5.41) is 0. The van der Waals surface area contributed by atoms with Crippen LogP contribution in [0.4, 0.5) is 13.2 Å². The lowest BCUT2D eigenvalue weighted by Crippen LogP contribution is -2.08. The van der Waals surface area contributed by atoms with Crippen molar-refractivity contribution < 1.29 is 22.7 Å². The second-order valence-electron chi connectivity index (χ2n) is 2.48. The first-order chi connectivity index (χ1) is 6.99. The molecule has 0 atom stereocenters. The minimum Gasteiger partial charge on any atom is -0.465 e. The van der Waals surface area contributed by atoms with Crippen molar-refractivity contribution in [3.8, 4) is 0 Å².